The van der Waals surface area contributed by atoms with Crippen molar-refractivity contribution >= 4 is 17.5 Å². The molecule has 0 atom stereocenters. The number of hydrogen-bond donors (Lipinski definition) is 2. The van der Waals surface area contributed by atoms with Crippen molar-refractivity contribution in [3.05, 3.63) is 18.2 Å². The van der Waals surface area contributed by atoms with E-state index in [1.165, 1.54) is 6.42 Å². The highest BCUT2D eigenvalue weighted by Crippen LogP contribution is 2.47. The van der Waals surface area contributed by atoms with Crippen LogP contribution in [0.5, 0.6) is 11.5 Å². The Balaban J connectivity index is 1.69. The lowest BCUT2D eigenvalue weighted by molar-refractivity contribution is -0.135. The Morgan fingerprint density at radius 1 is 1.04 bits per heavy atom. The van der Waals surface area contributed by atoms with Gasteiger partial charge in [-0.15, -0.1) is 0 Å². The van der Waals surface area contributed by atoms with Crippen LogP contribution < -0.4 is 20.1 Å². The summed E-state index contributed by atoms with van der Waals surface area (Å²) < 4.78 is 10.5. The Kier molecular flexibility index (Phi) is 5.16. The molecular weight excluding hydrogens is 320 g/mol. The summed E-state index contributed by atoms with van der Waals surface area (Å²) in [6.07, 6.45) is 6.71. The molecule has 6 nitrogen and oxygen atoms in total. The maximum absolute atomic E-state index is 12.8. The van der Waals surface area contributed by atoms with Gasteiger partial charge in [-0.2, -0.15) is 0 Å². The molecule has 6 heteroatoms. The molecule has 2 aliphatic carbocycles. The van der Waals surface area contributed by atoms with Gasteiger partial charge in [0.15, 0.2) is 0 Å². The van der Waals surface area contributed by atoms with E-state index in [-0.39, 0.29) is 17.9 Å². The number of methoxy groups -OCH3 is 2. The zero-order chi connectivity index (χ0) is 17.9. The molecule has 0 unspecified atom stereocenters. The van der Waals surface area contributed by atoms with Crippen molar-refractivity contribution in [1.29, 1.82) is 0 Å². The molecule has 0 bridgehead atoms. The van der Waals surface area contributed by atoms with Crippen LogP contribution in [0.25, 0.3) is 0 Å². The van der Waals surface area contributed by atoms with Gasteiger partial charge in [0, 0.05) is 12.1 Å². The van der Waals surface area contributed by atoms with Gasteiger partial charge in [-0.3, -0.25) is 9.59 Å². The van der Waals surface area contributed by atoms with Crippen LogP contribution in [0.4, 0.5) is 5.69 Å². The van der Waals surface area contributed by atoms with Crippen molar-refractivity contribution in [3.8, 4) is 11.5 Å². The Morgan fingerprint density at radius 2 is 1.76 bits per heavy atom. The highest BCUT2D eigenvalue weighted by atomic mass is 16.5. The van der Waals surface area contributed by atoms with Crippen molar-refractivity contribution in [2.75, 3.05) is 19.5 Å². The van der Waals surface area contributed by atoms with Crippen LogP contribution in [0.15, 0.2) is 18.2 Å². The minimum atomic E-state index is -0.939. The third-order valence-electron chi connectivity index (χ3n) is 5.21. The van der Waals surface area contributed by atoms with Crippen molar-refractivity contribution in [2.45, 2.75) is 51.0 Å². The molecule has 0 radical (unpaired) electrons. The molecule has 2 fully saturated rings. The molecule has 25 heavy (non-hydrogen) atoms. The summed E-state index contributed by atoms with van der Waals surface area (Å²) in [6, 6.07) is 5.40. The first-order valence-electron chi connectivity index (χ1n) is 8.93. The summed E-state index contributed by atoms with van der Waals surface area (Å²) >= 11 is 0. The zero-order valence-electron chi connectivity index (χ0n) is 14.9. The van der Waals surface area contributed by atoms with Gasteiger partial charge in [-0.25, -0.2) is 0 Å². The number of amides is 2. The van der Waals surface area contributed by atoms with Crippen LogP contribution in [0, 0.1) is 5.41 Å². The summed E-state index contributed by atoms with van der Waals surface area (Å²) in [5.74, 6) is 0.747. The Morgan fingerprint density at radius 3 is 2.36 bits per heavy atom. The Hall–Kier alpha value is -2.24. The van der Waals surface area contributed by atoms with Crippen molar-refractivity contribution in [1.82, 2.24) is 5.32 Å². The van der Waals surface area contributed by atoms with Crippen molar-refractivity contribution in [2.24, 2.45) is 5.41 Å². The van der Waals surface area contributed by atoms with E-state index < -0.39 is 5.41 Å². The number of anilines is 1. The summed E-state index contributed by atoms with van der Waals surface area (Å²) in [4.78, 5) is 25.5. The Labute approximate surface area is 148 Å². The fraction of sp³-hybridized carbons (Fsp3) is 0.579. The van der Waals surface area contributed by atoms with Crippen LogP contribution in [-0.4, -0.2) is 32.1 Å². The molecule has 3 rings (SSSR count). The topological polar surface area (TPSA) is 76.7 Å². The van der Waals surface area contributed by atoms with E-state index in [0.29, 0.717) is 30.0 Å². The predicted molar refractivity (Wildman–Crippen MR) is 94.9 cm³/mol. The van der Waals surface area contributed by atoms with Gasteiger partial charge < -0.3 is 20.1 Å². The molecule has 0 saturated heterocycles. The average Bonchev–Trinajstić information content (AvgIpc) is 3.44. The average molecular weight is 346 g/mol. The van der Waals surface area contributed by atoms with Crippen LogP contribution in [0.1, 0.15) is 44.9 Å². The van der Waals surface area contributed by atoms with Gasteiger partial charge in [-0.05, 0) is 37.8 Å². The largest absolute Gasteiger partial charge is 0.497 e. The summed E-state index contributed by atoms with van der Waals surface area (Å²) in [6.45, 7) is 0. The van der Waals surface area contributed by atoms with E-state index in [2.05, 4.69) is 10.6 Å². The number of rotatable bonds is 6. The van der Waals surface area contributed by atoms with Gasteiger partial charge in [0.2, 0.25) is 11.8 Å². The minimum absolute atomic E-state index is 0.140. The summed E-state index contributed by atoms with van der Waals surface area (Å²) in [5.41, 5.74) is -0.422. The van der Waals surface area contributed by atoms with E-state index in [4.69, 9.17) is 9.47 Å². The predicted octanol–water partition coefficient (Wildman–Crippen LogP) is 2.87. The van der Waals surface area contributed by atoms with E-state index in [0.717, 1.165) is 25.7 Å². The van der Waals surface area contributed by atoms with Crippen LogP contribution >= 0.6 is 0 Å². The second-order valence-electron chi connectivity index (χ2n) is 6.91. The molecule has 0 aromatic heterocycles. The van der Waals surface area contributed by atoms with Crippen molar-refractivity contribution < 1.29 is 19.1 Å². The van der Waals surface area contributed by atoms with Crippen molar-refractivity contribution in [3.63, 3.8) is 0 Å². The molecule has 2 amide bonds. The second kappa shape index (κ2) is 7.33. The highest BCUT2D eigenvalue weighted by Gasteiger charge is 2.56. The van der Waals surface area contributed by atoms with Crippen LogP contribution in [0.3, 0.4) is 0 Å². The number of nitrogens with one attached hydrogen (secondary N) is 2. The fourth-order valence-corrected chi connectivity index (χ4v) is 3.41. The van der Waals surface area contributed by atoms with Gasteiger partial charge in [0.25, 0.3) is 0 Å². The third-order valence-corrected chi connectivity index (χ3v) is 5.21. The van der Waals surface area contributed by atoms with E-state index in [1.54, 1.807) is 32.4 Å². The van der Waals surface area contributed by atoms with Gasteiger partial charge in [-0.1, -0.05) is 19.3 Å². The van der Waals surface area contributed by atoms with Gasteiger partial charge >= 0.3 is 0 Å². The minimum Gasteiger partial charge on any atom is -0.497 e. The highest BCUT2D eigenvalue weighted by molar-refractivity contribution is 6.13. The number of benzene rings is 1. The quantitative estimate of drug-likeness (QED) is 0.777. The number of carbonyl (C=O) groups excluding carboxylic acids is 2. The molecule has 136 valence electrons. The van der Waals surface area contributed by atoms with E-state index >= 15 is 0 Å². The number of hydrogen-bond acceptors (Lipinski definition) is 4. The fourth-order valence-electron chi connectivity index (χ4n) is 3.41. The number of ether oxygens (including phenoxy) is 2. The normalized spacial score (nSPS) is 19.0. The molecule has 0 aliphatic heterocycles. The number of carbonyl (C=O) groups is 2. The lowest BCUT2D eigenvalue weighted by Gasteiger charge is -2.25. The molecule has 1 aromatic carbocycles. The molecule has 1 aromatic rings. The molecule has 0 heterocycles. The molecule has 2 aliphatic rings. The first-order valence-corrected chi connectivity index (χ1v) is 8.93. The van der Waals surface area contributed by atoms with Gasteiger partial charge in [0.05, 0.1) is 19.9 Å². The second-order valence-corrected chi connectivity index (χ2v) is 6.91. The summed E-state index contributed by atoms with van der Waals surface area (Å²) in [5, 5.41) is 5.94. The monoisotopic (exact) mass is 346 g/mol. The lowest BCUT2D eigenvalue weighted by Crippen LogP contribution is -2.45. The molecular formula is C19H26N2O4. The smallest absolute Gasteiger partial charge is 0.240 e. The molecule has 0 spiro atoms. The standard InChI is InChI=1S/C19H26N2O4/c1-24-14-8-9-16(25-2)15(12-14)21-18(23)19(10-11-19)17(22)20-13-6-4-3-5-7-13/h8-9,12-13H,3-7,10-11H2,1-2H3,(H,20,22)(H,21,23). The lowest BCUT2D eigenvalue weighted by atomic mass is 9.94. The van der Waals surface area contributed by atoms with E-state index in [9.17, 15) is 9.59 Å². The maximum Gasteiger partial charge on any atom is 0.240 e. The Bertz CT molecular complexity index is 649. The van der Waals surface area contributed by atoms with Crippen LogP contribution in [0.2, 0.25) is 0 Å². The van der Waals surface area contributed by atoms with Gasteiger partial charge in [0.1, 0.15) is 16.9 Å². The molecule has 2 saturated carbocycles. The maximum atomic E-state index is 12.8. The first-order chi connectivity index (χ1) is 12.1. The summed E-state index contributed by atoms with van der Waals surface area (Å²) in [7, 11) is 3.10. The third kappa shape index (κ3) is 3.72. The van der Waals surface area contributed by atoms with Crippen LogP contribution in [-0.2, 0) is 9.59 Å². The zero-order valence-corrected chi connectivity index (χ0v) is 14.9. The molecule has 2 N–H and O–H groups in total. The first kappa shape index (κ1) is 17.6. The SMILES string of the molecule is COc1ccc(OC)c(NC(=O)C2(C(=O)NC3CCCCC3)CC2)c1. The van der Waals surface area contributed by atoms with E-state index in [1.807, 2.05) is 0 Å².